The number of hydrogen-bond donors (Lipinski definition) is 1. The van der Waals surface area contributed by atoms with Gasteiger partial charge in [-0.25, -0.2) is 0 Å². The summed E-state index contributed by atoms with van der Waals surface area (Å²) in [6, 6.07) is 0.425. The Bertz CT molecular complexity index is 270. The van der Waals surface area contributed by atoms with Crippen molar-refractivity contribution in [3.8, 4) is 0 Å². The topological polar surface area (TPSA) is 41.6 Å². The van der Waals surface area contributed by atoms with E-state index in [9.17, 15) is 4.79 Å². The van der Waals surface area contributed by atoms with E-state index in [-0.39, 0.29) is 5.91 Å². The van der Waals surface area contributed by atoms with E-state index in [0.717, 1.165) is 38.4 Å². The summed E-state index contributed by atoms with van der Waals surface area (Å²) in [5, 5.41) is 3.35. The number of piperazine rings is 1. The van der Waals surface area contributed by atoms with Crippen molar-refractivity contribution in [3.63, 3.8) is 0 Å². The molecule has 0 saturated carbocycles. The third kappa shape index (κ3) is 4.44. The molecule has 2 heterocycles. The molecule has 0 aromatic heterocycles. The van der Waals surface area contributed by atoms with Crippen LogP contribution in [0, 0.1) is 0 Å². The monoisotopic (exact) mass is 272 g/mol. The second kappa shape index (κ2) is 7.36. The van der Waals surface area contributed by atoms with Crippen LogP contribution in [0.3, 0.4) is 0 Å². The van der Waals surface area contributed by atoms with E-state index in [1.807, 2.05) is 4.90 Å². The summed E-state index contributed by atoms with van der Waals surface area (Å²) in [7, 11) is 0. The van der Waals surface area contributed by atoms with E-state index in [0.29, 0.717) is 17.9 Å². The molecule has 0 radical (unpaired) electrons. The molecular weight excluding hydrogens is 248 g/mol. The first kappa shape index (κ1) is 14.2. The van der Waals surface area contributed by atoms with Crippen LogP contribution in [0.1, 0.15) is 26.2 Å². The Hall–Kier alpha value is -0.260. The van der Waals surface area contributed by atoms with Crippen molar-refractivity contribution >= 4 is 17.7 Å². The van der Waals surface area contributed by atoms with Gasteiger partial charge in [-0.3, -0.25) is 4.79 Å². The summed E-state index contributed by atoms with van der Waals surface area (Å²) in [5.41, 5.74) is 0. The predicted molar refractivity (Wildman–Crippen MR) is 75.0 cm³/mol. The largest absolute Gasteiger partial charge is 0.377 e. The third-order valence-corrected chi connectivity index (χ3v) is 4.58. The maximum atomic E-state index is 12.0. The predicted octanol–water partition coefficient (Wildman–Crippen LogP) is 1.11. The number of nitrogens with one attached hydrogen (secondary N) is 1. The quantitative estimate of drug-likeness (QED) is 0.832. The SMILES string of the molecule is CC1CN(C(=O)CSCC2CCCCO2)CCN1. The van der Waals surface area contributed by atoms with E-state index >= 15 is 0 Å². The minimum Gasteiger partial charge on any atom is -0.377 e. The van der Waals surface area contributed by atoms with Crippen molar-refractivity contribution < 1.29 is 9.53 Å². The fourth-order valence-corrected chi connectivity index (χ4v) is 3.47. The molecule has 2 aliphatic heterocycles. The number of thioether (sulfide) groups is 1. The van der Waals surface area contributed by atoms with Crippen molar-refractivity contribution in [2.75, 3.05) is 37.7 Å². The van der Waals surface area contributed by atoms with Crippen LogP contribution in [0.25, 0.3) is 0 Å². The molecule has 5 heteroatoms. The summed E-state index contributed by atoms with van der Waals surface area (Å²) in [6.07, 6.45) is 4.00. The minimum absolute atomic E-state index is 0.282. The molecule has 2 unspecified atom stereocenters. The van der Waals surface area contributed by atoms with Crippen LogP contribution >= 0.6 is 11.8 Å². The standard InChI is InChI=1S/C13H24N2O2S/c1-11-8-15(6-5-14-11)13(16)10-18-9-12-4-2-3-7-17-12/h11-12,14H,2-10H2,1H3. The van der Waals surface area contributed by atoms with Gasteiger partial charge in [0.1, 0.15) is 0 Å². The highest BCUT2D eigenvalue weighted by Crippen LogP contribution is 2.17. The molecule has 2 aliphatic rings. The van der Waals surface area contributed by atoms with Crippen LogP contribution in [0.2, 0.25) is 0 Å². The second-order valence-electron chi connectivity index (χ2n) is 5.20. The summed E-state index contributed by atoms with van der Waals surface area (Å²) in [6.45, 7) is 5.64. The lowest BCUT2D eigenvalue weighted by Crippen LogP contribution is -2.51. The molecular formula is C13H24N2O2S. The highest BCUT2D eigenvalue weighted by atomic mass is 32.2. The number of hydrogen-bond acceptors (Lipinski definition) is 4. The average molecular weight is 272 g/mol. The number of amides is 1. The molecule has 0 bridgehead atoms. The van der Waals surface area contributed by atoms with E-state index in [1.54, 1.807) is 11.8 Å². The molecule has 0 spiro atoms. The van der Waals surface area contributed by atoms with E-state index in [1.165, 1.54) is 12.8 Å². The Morgan fingerprint density at radius 1 is 1.50 bits per heavy atom. The van der Waals surface area contributed by atoms with Crippen LogP contribution in [0.5, 0.6) is 0 Å². The zero-order chi connectivity index (χ0) is 12.8. The molecule has 104 valence electrons. The number of nitrogens with zero attached hydrogens (tertiary/aromatic N) is 1. The van der Waals surface area contributed by atoms with Crippen LogP contribution in [0.15, 0.2) is 0 Å². The van der Waals surface area contributed by atoms with Gasteiger partial charge in [-0.2, -0.15) is 0 Å². The van der Waals surface area contributed by atoms with Crippen LogP contribution in [-0.4, -0.2) is 60.7 Å². The maximum Gasteiger partial charge on any atom is 0.232 e. The number of rotatable bonds is 4. The van der Waals surface area contributed by atoms with Crippen molar-refractivity contribution in [1.29, 1.82) is 0 Å². The van der Waals surface area contributed by atoms with Gasteiger partial charge in [-0.05, 0) is 26.2 Å². The average Bonchev–Trinajstić information content (AvgIpc) is 2.40. The van der Waals surface area contributed by atoms with Crippen LogP contribution < -0.4 is 5.32 Å². The van der Waals surface area contributed by atoms with E-state index in [4.69, 9.17) is 4.74 Å². The van der Waals surface area contributed by atoms with Gasteiger partial charge in [0.2, 0.25) is 5.91 Å². The van der Waals surface area contributed by atoms with E-state index in [2.05, 4.69) is 12.2 Å². The van der Waals surface area contributed by atoms with Gasteiger partial charge < -0.3 is 15.0 Å². The van der Waals surface area contributed by atoms with Crippen LogP contribution in [0.4, 0.5) is 0 Å². The third-order valence-electron chi connectivity index (χ3n) is 3.52. The van der Waals surface area contributed by atoms with Gasteiger partial charge in [0, 0.05) is 38.0 Å². The fraction of sp³-hybridized carbons (Fsp3) is 0.923. The molecule has 4 nitrogen and oxygen atoms in total. The lowest BCUT2D eigenvalue weighted by atomic mass is 10.1. The van der Waals surface area contributed by atoms with Crippen molar-refractivity contribution in [1.82, 2.24) is 10.2 Å². The Morgan fingerprint density at radius 3 is 3.11 bits per heavy atom. The summed E-state index contributed by atoms with van der Waals surface area (Å²) >= 11 is 1.73. The maximum absolute atomic E-state index is 12.0. The Morgan fingerprint density at radius 2 is 2.39 bits per heavy atom. The van der Waals surface area contributed by atoms with Gasteiger partial charge in [-0.1, -0.05) is 0 Å². The molecule has 2 rings (SSSR count). The molecule has 0 aliphatic carbocycles. The van der Waals surface area contributed by atoms with Crippen molar-refractivity contribution in [2.45, 2.75) is 38.3 Å². The van der Waals surface area contributed by atoms with Crippen molar-refractivity contribution in [2.24, 2.45) is 0 Å². The van der Waals surface area contributed by atoms with Crippen molar-refractivity contribution in [3.05, 3.63) is 0 Å². The number of carbonyl (C=O) groups is 1. The van der Waals surface area contributed by atoms with Gasteiger partial charge in [-0.15, -0.1) is 11.8 Å². The number of ether oxygens (including phenoxy) is 1. The van der Waals surface area contributed by atoms with Gasteiger partial charge in [0.25, 0.3) is 0 Å². The second-order valence-corrected chi connectivity index (χ2v) is 6.23. The minimum atomic E-state index is 0.282. The Balaban J connectivity index is 1.61. The summed E-state index contributed by atoms with van der Waals surface area (Å²) < 4.78 is 5.67. The highest BCUT2D eigenvalue weighted by Gasteiger charge is 2.21. The van der Waals surface area contributed by atoms with E-state index < -0.39 is 0 Å². The molecule has 0 aromatic carbocycles. The first-order valence-corrected chi connectivity index (χ1v) is 8.11. The molecule has 1 amide bonds. The summed E-state index contributed by atoms with van der Waals surface area (Å²) in [4.78, 5) is 14.0. The first-order chi connectivity index (χ1) is 8.75. The summed E-state index contributed by atoms with van der Waals surface area (Å²) in [5.74, 6) is 1.85. The Kier molecular flexibility index (Phi) is 5.79. The highest BCUT2D eigenvalue weighted by molar-refractivity contribution is 7.99. The van der Waals surface area contributed by atoms with Gasteiger partial charge in [0.15, 0.2) is 0 Å². The zero-order valence-corrected chi connectivity index (χ0v) is 12.0. The molecule has 2 fully saturated rings. The molecule has 1 N–H and O–H groups in total. The van der Waals surface area contributed by atoms with Gasteiger partial charge in [0.05, 0.1) is 11.9 Å². The molecule has 0 aromatic rings. The number of carbonyl (C=O) groups excluding carboxylic acids is 1. The fourth-order valence-electron chi connectivity index (χ4n) is 2.47. The lowest BCUT2D eigenvalue weighted by Gasteiger charge is -2.32. The first-order valence-electron chi connectivity index (χ1n) is 6.96. The lowest BCUT2D eigenvalue weighted by molar-refractivity contribution is -0.129. The smallest absolute Gasteiger partial charge is 0.232 e. The molecule has 2 atom stereocenters. The van der Waals surface area contributed by atoms with Crippen LogP contribution in [-0.2, 0) is 9.53 Å². The zero-order valence-electron chi connectivity index (χ0n) is 11.2. The Labute approximate surface area is 114 Å². The van der Waals surface area contributed by atoms with Gasteiger partial charge >= 0.3 is 0 Å². The normalized spacial score (nSPS) is 29.3. The molecule has 2 saturated heterocycles. The molecule has 18 heavy (non-hydrogen) atoms.